The SMILES string of the molecule is O=C(Cc1ccnc(NCC(F)(F)c2ccccn2)c1F)NCc1cc(Cl)ccc1-n1cnnn1. The number of alkyl halides is 2. The highest BCUT2D eigenvalue weighted by Gasteiger charge is 2.33. The van der Waals surface area contributed by atoms with Gasteiger partial charge in [0.2, 0.25) is 5.91 Å². The molecule has 0 aliphatic rings. The minimum Gasteiger partial charge on any atom is -0.361 e. The molecule has 0 radical (unpaired) electrons. The summed E-state index contributed by atoms with van der Waals surface area (Å²) in [6.45, 7) is -0.846. The van der Waals surface area contributed by atoms with E-state index in [0.717, 1.165) is 0 Å². The molecule has 0 unspecified atom stereocenters. The van der Waals surface area contributed by atoms with Crippen LogP contribution in [0.5, 0.6) is 0 Å². The highest BCUT2D eigenvalue weighted by molar-refractivity contribution is 6.30. The largest absolute Gasteiger partial charge is 0.361 e. The van der Waals surface area contributed by atoms with Gasteiger partial charge in [0, 0.05) is 29.5 Å². The van der Waals surface area contributed by atoms with Gasteiger partial charge in [0.1, 0.15) is 12.0 Å². The van der Waals surface area contributed by atoms with E-state index in [1.54, 1.807) is 18.2 Å². The Morgan fingerprint density at radius 3 is 2.69 bits per heavy atom. The predicted octanol–water partition coefficient (Wildman–Crippen LogP) is 3.31. The van der Waals surface area contributed by atoms with Crippen molar-refractivity contribution in [2.24, 2.45) is 0 Å². The number of amides is 1. The third-order valence-electron chi connectivity index (χ3n) is 4.95. The fourth-order valence-corrected chi connectivity index (χ4v) is 3.42. The molecule has 0 saturated carbocycles. The zero-order chi connectivity index (χ0) is 24.8. The third kappa shape index (κ3) is 5.90. The number of hydrogen-bond acceptors (Lipinski definition) is 7. The molecule has 3 heterocycles. The van der Waals surface area contributed by atoms with Crippen LogP contribution in [-0.4, -0.2) is 42.6 Å². The summed E-state index contributed by atoms with van der Waals surface area (Å²) in [5.74, 6) is -5.13. The van der Waals surface area contributed by atoms with Crippen LogP contribution in [0.3, 0.4) is 0 Å². The Morgan fingerprint density at radius 2 is 1.94 bits per heavy atom. The molecule has 3 aromatic heterocycles. The molecule has 13 heteroatoms. The van der Waals surface area contributed by atoms with Crippen LogP contribution in [0.2, 0.25) is 5.02 Å². The monoisotopic (exact) mass is 502 g/mol. The molecular formula is C22H18ClF3N8O. The Labute approximate surface area is 202 Å². The van der Waals surface area contributed by atoms with Gasteiger partial charge in [0.05, 0.1) is 18.7 Å². The van der Waals surface area contributed by atoms with Crippen molar-refractivity contribution in [1.29, 1.82) is 0 Å². The molecule has 0 aliphatic heterocycles. The molecule has 0 fully saturated rings. The highest BCUT2D eigenvalue weighted by Crippen LogP contribution is 2.27. The molecule has 35 heavy (non-hydrogen) atoms. The van der Waals surface area contributed by atoms with Crippen molar-refractivity contribution in [3.63, 3.8) is 0 Å². The zero-order valence-electron chi connectivity index (χ0n) is 18.0. The Balaban J connectivity index is 1.40. The number of tetrazole rings is 1. The standard InChI is InChI=1S/C22H18ClF3N8O/c23-16-4-5-17(34-13-31-32-33-34)15(9-16)11-29-19(35)10-14-6-8-28-21(20(14)24)30-12-22(25,26)18-3-1-2-7-27-18/h1-9,13H,10-12H2,(H,28,30)(H,29,35). The molecule has 0 atom stereocenters. The van der Waals surface area contributed by atoms with Crippen molar-refractivity contribution in [2.75, 3.05) is 11.9 Å². The zero-order valence-corrected chi connectivity index (χ0v) is 18.8. The van der Waals surface area contributed by atoms with Gasteiger partial charge < -0.3 is 10.6 Å². The van der Waals surface area contributed by atoms with E-state index >= 15 is 0 Å². The first-order chi connectivity index (χ1) is 16.8. The fraction of sp³-hybridized carbons (Fsp3) is 0.182. The minimum atomic E-state index is -3.35. The summed E-state index contributed by atoms with van der Waals surface area (Å²) in [7, 11) is 0. The summed E-state index contributed by atoms with van der Waals surface area (Å²) in [6, 6.07) is 10.4. The molecule has 4 rings (SSSR count). The maximum absolute atomic E-state index is 14.9. The van der Waals surface area contributed by atoms with Crippen LogP contribution in [-0.2, 0) is 23.7 Å². The minimum absolute atomic E-state index is 0.00653. The number of carbonyl (C=O) groups is 1. The third-order valence-corrected chi connectivity index (χ3v) is 5.19. The lowest BCUT2D eigenvalue weighted by molar-refractivity contribution is -0.120. The number of anilines is 1. The van der Waals surface area contributed by atoms with Gasteiger partial charge in [-0.2, -0.15) is 8.78 Å². The summed E-state index contributed by atoms with van der Waals surface area (Å²) in [5, 5.41) is 16.4. The van der Waals surface area contributed by atoms with Crippen molar-refractivity contribution in [2.45, 2.75) is 18.9 Å². The van der Waals surface area contributed by atoms with E-state index in [1.165, 1.54) is 47.7 Å². The molecular weight excluding hydrogens is 485 g/mol. The number of benzene rings is 1. The van der Waals surface area contributed by atoms with Crippen molar-refractivity contribution < 1.29 is 18.0 Å². The maximum atomic E-state index is 14.9. The normalized spacial score (nSPS) is 11.3. The Bertz CT molecular complexity index is 1310. The van der Waals surface area contributed by atoms with Crippen LogP contribution >= 0.6 is 11.6 Å². The van der Waals surface area contributed by atoms with Crippen LogP contribution in [0.15, 0.2) is 61.2 Å². The molecule has 0 spiro atoms. The summed E-state index contributed by atoms with van der Waals surface area (Å²) in [4.78, 5) is 19.9. The van der Waals surface area contributed by atoms with Crippen LogP contribution in [0.1, 0.15) is 16.8 Å². The lowest BCUT2D eigenvalue weighted by Gasteiger charge is -2.17. The van der Waals surface area contributed by atoms with Crippen LogP contribution in [0.25, 0.3) is 5.69 Å². The summed E-state index contributed by atoms with van der Waals surface area (Å²) < 4.78 is 45.0. The van der Waals surface area contributed by atoms with Crippen LogP contribution in [0, 0.1) is 5.82 Å². The van der Waals surface area contributed by atoms with E-state index in [-0.39, 0.29) is 24.3 Å². The van der Waals surface area contributed by atoms with Crippen molar-refractivity contribution in [3.05, 3.63) is 88.8 Å². The van der Waals surface area contributed by atoms with E-state index < -0.39 is 29.9 Å². The van der Waals surface area contributed by atoms with E-state index in [1.807, 2.05) is 0 Å². The van der Waals surface area contributed by atoms with Gasteiger partial charge in [-0.3, -0.25) is 9.78 Å². The predicted molar refractivity (Wildman–Crippen MR) is 121 cm³/mol. The van der Waals surface area contributed by atoms with E-state index in [4.69, 9.17) is 11.6 Å². The quantitative estimate of drug-likeness (QED) is 0.361. The number of pyridine rings is 2. The van der Waals surface area contributed by atoms with Gasteiger partial charge in [-0.15, -0.1) is 5.10 Å². The second kappa shape index (κ2) is 10.5. The van der Waals surface area contributed by atoms with E-state index in [9.17, 15) is 18.0 Å². The van der Waals surface area contributed by atoms with Gasteiger partial charge in [-0.1, -0.05) is 17.7 Å². The molecule has 180 valence electrons. The highest BCUT2D eigenvalue weighted by atomic mass is 35.5. The van der Waals surface area contributed by atoms with Crippen molar-refractivity contribution in [1.82, 2.24) is 35.5 Å². The Hall–Kier alpha value is -4.06. The van der Waals surface area contributed by atoms with Gasteiger partial charge in [0.15, 0.2) is 11.6 Å². The van der Waals surface area contributed by atoms with Crippen molar-refractivity contribution in [3.8, 4) is 5.69 Å². The lowest BCUT2D eigenvalue weighted by atomic mass is 10.1. The van der Waals surface area contributed by atoms with Gasteiger partial charge >= 0.3 is 5.92 Å². The van der Waals surface area contributed by atoms with Crippen LogP contribution < -0.4 is 10.6 Å². The molecule has 0 saturated heterocycles. The molecule has 2 N–H and O–H groups in total. The van der Waals surface area contributed by atoms with Gasteiger partial charge in [-0.25, -0.2) is 14.1 Å². The van der Waals surface area contributed by atoms with E-state index in [0.29, 0.717) is 16.3 Å². The maximum Gasteiger partial charge on any atom is 0.306 e. The Kier molecular flexibility index (Phi) is 7.20. The Morgan fingerprint density at radius 1 is 1.09 bits per heavy atom. The molecule has 1 aromatic carbocycles. The smallest absolute Gasteiger partial charge is 0.306 e. The number of nitrogens with zero attached hydrogens (tertiary/aromatic N) is 6. The number of nitrogens with one attached hydrogen (secondary N) is 2. The van der Waals surface area contributed by atoms with Crippen LogP contribution in [0.4, 0.5) is 19.0 Å². The molecule has 1 amide bonds. The number of carbonyl (C=O) groups excluding carboxylic acids is 1. The topological polar surface area (TPSA) is 111 Å². The summed E-state index contributed by atoms with van der Waals surface area (Å²) in [5.41, 5.74) is 0.779. The lowest BCUT2D eigenvalue weighted by Crippen LogP contribution is -2.27. The van der Waals surface area contributed by atoms with Crippen molar-refractivity contribution >= 4 is 23.3 Å². The number of rotatable bonds is 9. The summed E-state index contributed by atoms with van der Waals surface area (Å²) >= 11 is 6.07. The summed E-state index contributed by atoms with van der Waals surface area (Å²) in [6.07, 6.45) is 3.55. The first-order valence-electron chi connectivity index (χ1n) is 10.3. The number of halogens is 4. The van der Waals surface area contributed by atoms with Gasteiger partial charge in [-0.05, 0) is 52.4 Å². The number of aromatic nitrogens is 6. The second-order valence-corrected chi connectivity index (χ2v) is 7.82. The molecule has 0 aliphatic carbocycles. The molecule has 0 bridgehead atoms. The second-order valence-electron chi connectivity index (χ2n) is 7.39. The molecule has 4 aromatic rings. The molecule has 9 nitrogen and oxygen atoms in total. The first kappa shape index (κ1) is 24.1. The van der Waals surface area contributed by atoms with E-state index in [2.05, 4.69) is 36.1 Å². The average Bonchev–Trinajstić information content (AvgIpc) is 3.39. The first-order valence-corrected chi connectivity index (χ1v) is 10.7. The van der Waals surface area contributed by atoms with Gasteiger partial charge in [0.25, 0.3) is 0 Å². The number of hydrogen-bond donors (Lipinski definition) is 2. The fourth-order valence-electron chi connectivity index (χ4n) is 3.23. The average molecular weight is 503 g/mol.